The van der Waals surface area contributed by atoms with E-state index in [1.54, 1.807) is 11.3 Å². The van der Waals surface area contributed by atoms with Crippen molar-refractivity contribution >= 4 is 27.3 Å². The zero-order chi connectivity index (χ0) is 9.26. The topological polar surface area (TPSA) is 20.2 Å². The Hall–Kier alpha value is 0.140. The number of thiophene rings is 1. The fourth-order valence-corrected chi connectivity index (χ4v) is 3.28. The maximum atomic E-state index is 9.67. The summed E-state index contributed by atoms with van der Waals surface area (Å²) in [5, 5.41) is 11.8. The van der Waals surface area contributed by atoms with Gasteiger partial charge in [-0.3, -0.25) is 0 Å². The molecule has 1 aliphatic rings. The Balaban J connectivity index is 2.01. The summed E-state index contributed by atoms with van der Waals surface area (Å²) in [5.74, 6) is 0.492. The first-order chi connectivity index (χ1) is 6.27. The van der Waals surface area contributed by atoms with Crippen molar-refractivity contribution in [1.82, 2.24) is 0 Å². The van der Waals surface area contributed by atoms with Gasteiger partial charge in [-0.1, -0.05) is 6.42 Å². The summed E-state index contributed by atoms with van der Waals surface area (Å²) >= 11 is 5.25. The third-order valence-corrected chi connectivity index (χ3v) is 4.61. The largest absolute Gasteiger partial charge is 0.393 e. The standard InChI is InChI=1S/C10H13BrOS/c11-10-8(4-5-13-10)6-7-2-1-3-9(7)12/h4-5,7,9,12H,1-3,6H2/t7-,9+/m0/s1. The summed E-state index contributed by atoms with van der Waals surface area (Å²) in [6, 6.07) is 2.15. The molecule has 0 aromatic carbocycles. The van der Waals surface area contributed by atoms with Crippen LogP contribution in [0.5, 0.6) is 0 Å². The predicted molar refractivity (Wildman–Crippen MR) is 59.1 cm³/mol. The lowest BCUT2D eigenvalue weighted by Gasteiger charge is -2.13. The van der Waals surface area contributed by atoms with Gasteiger partial charge in [-0.15, -0.1) is 11.3 Å². The molecule has 0 amide bonds. The third-order valence-electron chi connectivity index (χ3n) is 2.79. The van der Waals surface area contributed by atoms with Crippen LogP contribution in [0.15, 0.2) is 15.2 Å². The van der Waals surface area contributed by atoms with Gasteiger partial charge in [0.1, 0.15) is 0 Å². The summed E-state index contributed by atoms with van der Waals surface area (Å²) in [6.45, 7) is 0. The zero-order valence-electron chi connectivity index (χ0n) is 7.37. The molecule has 0 bridgehead atoms. The van der Waals surface area contributed by atoms with Crippen LogP contribution in [-0.4, -0.2) is 11.2 Å². The molecule has 2 rings (SSSR count). The van der Waals surface area contributed by atoms with Crippen LogP contribution >= 0.6 is 27.3 Å². The minimum atomic E-state index is -0.0631. The molecule has 0 saturated heterocycles. The van der Waals surface area contributed by atoms with Crippen LogP contribution in [0.4, 0.5) is 0 Å². The fraction of sp³-hybridized carbons (Fsp3) is 0.600. The predicted octanol–water partition coefficient (Wildman–Crippen LogP) is 3.21. The normalized spacial score (nSPS) is 28.2. The number of hydrogen-bond acceptors (Lipinski definition) is 2. The highest BCUT2D eigenvalue weighted by Crippen LogP contribution is 2.32. The van der Waals surface area contributed by atoms with E-state index in [1.165, 1.54) is 22.2 Å². The average Bonchev–Trinajstić information content (AvgIpc) is 2.65. The second-order valence-corrected chi connectivity index (χ2v) is 5.92. The van der Waals surface area contributed by atoms with Crippen molar-refractivity contribution in [3.8, 4) is 0 Å². The molecule has 72 valence electrons. The fourth-order valence-electron chi connectivity index (χ4n) is 2.00. The second kappa shape index (κ2) is 4.11. The van der Waals surface area contributed by atoms with Gasteiger partial charge in [0.15, 0.2) is 0 Å². The van der Waals surface area contributed by atoms with Crippen molar-refractivity contribution in [3.05, 3.63) is 20.8 Å². The Morgan fingerprint density at radius 3 is 2.92 bits per heavy atom. The van der Waals surface area contributed by atoms with E-state index < -0.39 is 0 Å². The lowest BCUT2D eigenvalue weighted by atomic mass is 9.98. The Morgan fingerprint density at radius 2 is 2.38 bits per heavy atom. The van der Waals surface area contributed by atoms with E-state index in [9.17, 15) is 5.11 Å². The molecule has 1 nitrogen and oxygen atoms in total. The van der Waals surface area contributed by atoms with Gasteiger partial charge in [-0.2, -0.15) is 0 Å². The first kappa shape index (κ1) is 9.69. The Kier molecular flexibility index (Phi) is 3.06. The minimum absolute atomic E-state index is 0.0631. The number of hydrogen-bond donors (Lipinski definition) is 1. The molecule has 1 aromatic heterocycles. The van der Waals surface area contributed by atoms with Crippen LogP contribution in [0.2, 0.25) is 0 Å². The molecule has 1 aromatic rings. The molecule has 1 heterocycles. The van der Waals surface area contributed by atoms with Crippen molar-refractivity contribution in [2.24, 2.45) is 5.92 Å². The second-order valence-electron chi connectivity index (χ2n) is 3.68. The highest BCUT2D eigenvalue weighted by Gasteiger charge is 2.25. The van der Waals surface area contributed by atoms with Crippen molar-refractivity contribution in [2.45, 2.75) is 31.8 Å². The molecule has 0 radical (unpaired) electrons. The summed E-state index contributed by atoms with van der Waals surface area (Å²) in [4.78, 5) is 0. The van der Waals surface area contributed by atoms with Gasteiger partial charge in [-0.25, -0.2) is 0 Å². The maximum absolute atomic E-state index is 9.67. The molecule has 0 unspecified atom stereocenters. The Morgan fingerprint density at radius 1 is 1.54 bits per heavy atom. The van der Waals surface area contributed by atoms with Crippen molar-refractivity contribution in [1.29, 1.82) is 0 Å². The summed E-state index contributed by atoms with van der Waals surface area (Å²) < 4.78 is 1.23. The molecule has 1 saturated carbocycles. The summed E-state index contributed by atoms with van der Waals surface area (Å²) in [6.07, 6.45) is 4.33. The van der Waals surface area contributed by atoms with Crippen LogP contribution in [0.3, 0.4) is 0 Å². The van der Waals surface area contributed by atoms with Gasteiger partial charge < -0.3 is 5.11 Å². The van der Waals surface area contributed by atoms with Crippen LogP contribution in [0.25, 0.3) is 0 Å². The minimum Gasteiger partial charge on any atom is -0.393 e. The number of aliphatic hydroxyl groups excluding tert-OH is 1. The molecule has 13 heavy (non-hydrogen) atoms. The van der Waals surface area contributed by atoms with E-state index >= 15 is 0 Å². The molecule has 1 aliphatic carbocycles. The summed E-state index contributed by atoms with van der Waals surface area (Å²) in [7, 11) is 0. The summed E-state index contributed by atoms with van der Waals surface area (Å²) in [5.41, 5.74) is 1.36. The molecular formula is C10H13BrOS. The van der Waals surface area contributed by atoms with Gasteiger partial charge >= 0.3 is 0 Å². The van der Waals surface area contributed by atoms with Crippen LogP contribution in [-0.2, 0) is 6.42 Å². The molecule has 1 N–H and O–H groups in total. The van der Waals surface area contributed by atoms with Crippen molar-refractivity contribution in [2.75, 3.05) is 0 Å². The van der Waals surface area contributed by atoms with E-state index in [4.69, 9.17) is 0 Å². The van der Waals surface area contributed by atoms with E-state index in [1.807, 2.05) is 0 Å². The van der Waals surface area contributed by atoms with Crippen LogP contribution in [0.1, 0.15) is 24.8 Å². The smallest absolute Gasteiger partial charge is 0.0730 e. The maximum Gasteiger partial charge on any atom is 0.0730 e. The van der Waals surface area contributed by atoms with Crippen LogP contribution < -0.4 is 0 Å². The van der Waals surface area contributed by atoms with Crippen molar-refractivity contribution < 1.29 is 5.11 Å². The molecule has 0 spiro atoms. The van der Waals surface area contributed by atoms with Crippen LogP contribution in [0, 0.1) is 5.92 Å². The first-order valence-electron chi connectivity index (χ1n) is 4.67. The Labute approximate surface area is 90.9 Å². The van der Waals surface area contributed by atoms with Gasteiger partial charge in [0.2, 0.25) is 0 Å². The lowest BCUT2D eigenvalue weighted by molar-refractivity contribution is 0.132. The number of halogens is 1. The quantitative estimate of drug-likeness (QED) is 0.866. The lowest BCUT2D eigenvalue weighted by Crippen LogP contribution is -2.15. The zero-order valence-corrected chi connectivity index (χ0v) is 9.77. The highest BCUT2D eigenvalue weighted by atomic mass is 79.9. The molecule has 2 atom stereocenters. The monoisotopic (exact) mass is 260 g/mol. The molecule has 1 fully saturated rings. The molecule has 0 aliphatic heterocycles. The van der Waals surface area contributed by atoms with Gasteiger partial charge in [-0.05, 0) is 58.1 Å². The van der Waals surface area contributed by atoms with E-state index in [-0.39, 0.29) is 6.10 Å². The number of aliphatic hydroxyl groups is 1. The number of rotatable bonds is 2. The average molecular weight is 261 g/mol. The van der Waals surface area contributed by atoms with E-state index in [0.29, 0.717) is 5.92 Å². The van der Waals surface area contributed by atoms with Gasteiger partial charge in [0.25, 0.3) is 0 Å². The Bertz CT molecular complexity index is 284. The van der Waals surface area contributed by atoms with E-state index in [0.717, 1.165) is 12.8 Å². The molecule has 3 heteroatoms. The van der Waals surface area contributed by atoms with Gasteiger partial charge in [0.05, 0.1) is 9.89 Å². The molecular weight excluding hydrogens is 248 g/mol. The third kappa shape index (κ3) is 2.14. The first-order valence-corrected chi connectivity index (χ1v) is 6.34. The van der Waals surface area contributed by atoms with E-state index in [2.05, 4.69) is 27.4 Å². The highest BCUT2D eigenvalue weighted by molar-refractivity contribution is 9.11. The van der Waals surface area contributed by atoms with Crippen molar-refractivity contribution in [3.63, 3.8) is 0 Å². The van der Waals surface area contributed by atoms with Gasteiger partial charge in [0, 0.05) is 0 Å². The SMILES string of the molecule is O[C@@H]1CCC[C@H]1Cc1ccsc1Br.